The van der Waals surface area contributed by atoms with Gasteiger partial charge in [-0.05, 0) is 30.7 Å². The number of esters is 1. The maximum Gasteiger partial charge on any atom is 0.349 e. The number of carbonyl (C=O) groups excluding carboxylic acids is 2. The highest BCUT2D eigenvalue weighted by molar-refractivity contribution is 5.97. The van der Waals surface area contributed by atoms with E-state index in [-0.39, 0.29) is 35.3 Å². The number of hydrogen-bond donors (Lipinski definition) is 1. The summed E-state index contributed by atoms with van der Waals surface area (Å²) in [6, 6.07) is 15.3. The van der Waals surface area contributed by atoms with E-state index in [1.807, 2.05) is 37.3 Å². The Morgan fingerprint density at radius 2 is 1.85 bits per heavy atom. The number of amides is 1. The summed E-state index contributed by atoms with van der Waals surface area (Å²) in [6.07, 6.45) is 0.237. The molecule has 3 aromatic rings. The summed E-state index contributed by atoms with van der Waals surface area (Å²) < 4.78 is 10.4. The van der Waals surface area contributed by atoms with Crippen LogP contribution in [0, 0.1) is 0 Å². The van der Waals surface area contributed by atoms with E-state index in [0.29, 0.717) is 5.39 Å². The zero-order valence-corrected chi connectivity index (χ0v) is 15.0. The number of fused-ring (bicyclic) bond motifs is 1. The Bertz CT molecular complexity index is 1040. The van der Waals surface area contributed by atoms with Crippen LogP contribution in [0.3, 0.4) is 0 Å². The summed E-state index contributed by atoms with van der Waals surface area (Å²) in [5.41, 5.74) is 0.343. The maximum atomic E-state index is 12.5. The Morgan fingerprint density at radius 1 is 1.11 bits per heavy atom. The van der Waals surface area contributed by atoms with Gasteiger partial charge in [-0.15, -0.1) is 0 Å². The average molecular weight is 365 g/mol. The minimum atomic E-state index is -0.751. The zero-order chi connectivity index (χ0) is 19.4. The number of rotatable bonds is 5. The van der Waals surface area contributed by atoms with Gasteiger partial charge in [0.25, 0.3) is 5.91 Å². The van der Waals surface area contributed by atoms with E-state index < -0.39 is 11.5 Å². The summed E-state index contributed by atoms with van der Waals surface area (Å²) in [5.74, 6) is -0.613. The second-order valence-corrected chi connectivity index (χ2v) is 6.08. The van der Waals surface area contributed by atoms with Crippen LogP contribution in [0.4, 0.5) is 0 Å². The molecular weight excluding hydrogens is 346 g/mol. The largest absolute Gasteiger partial charge is 0.426 e. The number of nitrogens with one attached hydrogen (secondary N) is 1. The van der Waals surface area contributed by atoms with Crippen molar-refractivity contribution in [2.24, 2.45) is 0 Å². The lowest BCUT2D eigenvalue weighted by Gasteiger charge is -2.14. The van der Waals surface area contributed by atoms with Gasteiger partial charge in [0, 0.05) is 17.9 Å². The van der Waals surface area contributed by atoms with Crippen LogP contribution in [0.25, 0.3) is 11.0 Å². The lowest BCUT2D eigenvalue weighted by atomic mass is 10.1. The second-order valence-electron chi connectivity index (χ2n) is 6.08. The fourth-order valence-electron chi connectivity index (χ4n) is 2.62. The lowest BCUT2D eigenvalue weighted by Crippen LogP contribution is -2.30. The summed E-state index contributed by atoms with van der Waals surface area (Å²) in [5, 5.41) is 3.35. The van der Waals surface area contributed by atoms with E-state index in [2.05, 4.69) is 5.32 Å². The molecule has 0 saturated carbocycles. The van der Waals surface area contributed by atoms with E-state index in [9.17, 15) is 14.4 Å². The van der Waals surface area contributed by atoms with Crippen molar-refractivity contribution in [2.45, 2.75) is 26.3 Å². The van der Waals surface area contributed by atoms with Crippen LogP contribution in [0.1, 0.15) is 42.2 Å². The summed E-state index contributed by atoms with van der Waals surface area (Å²) in [4.78, 5) is 36.1. The first-order valence-corrected chi connectivity index (χ1v) is 8.62. The fraction of sp³-hybridized carbons (Fsp3) is 0.190. The molecule has 0 aliphatic rings. The quantitative estimate of drug-likeness (QED) is 0.424. The molecule has 1 heterocycles. The van der Waals surface area contributed by atoms with Crippen molar-refractivity contribution in [3.8, 4) is 5.75 Å². The molecule has 1 N–H and O–H groups in total. The molecule has 3 rings (SSSR count). The van der Waals surface area contributed by atoms with Gasteiger partial charge in [-0.25, -0.2) is 4.79 Å². The molecule has 0 aliphatic heterocycles. The van der Waals surface area contributed by atoms with Crippen molar-refractivity contribution < 1.29 is 18.7 Å². The van der Waals surface area contributed by atoms with E-state index in [0.717, 1.165) is 5.56 Å². The molecule has 1 aromatic heterocycles. The first kappa shape index (κ1) is 18.4. The first-order chi connectivity index (χ1) is 13.0. The predicted molar refractivity (Wildman–Crippen MR) is 101 cm³/mol. The molecule has 6 heteroatoms. The third-order valence-corrected chi connectivity index (χ3v) is 4.12. The van der Waals surface area contributed by atoms with Gasteiger partial charge in [0.15, 0.2) is 0 Å². The van der Waals surface area contributed by atoms with Gasteiger partial charge in [0.05, 0.1) is 6.04 Å². The van der Waals surface area contributed by atoms with Gasteiger partial charge in [0.2, 0.25) is 0 Å². The Balaban J connectivity index is 1.85. The standard InChI is InChI=1S/C21H19NO5/c1-3-19(23)26-16-10-9-15-11-17(21(25)27-18(15)12-16)20(24)22-13(2)14-7-5-4-6-8-14/h4-13H,3H2,1-2H3,(H,22,24). The second kappa shape index (κ2) is 7.86. The van der Waals surface area contributed by atoms with Crippen LogP contribution in [0.5, 0.6) is 5.75 Å². The Morgan fingerprint density at radius 3 is 2.56 bits per heavy atom. The Kier molecular flexibility index (Phi) is 5.35. The van der Waals surface area contributed by atoms with Gasteiger partial charge >= 0.3 is 11.6 Å². The smallest absolute Gasteiger partial charge is 0.349 e. The third-order valence-electron chi connectivity index (χ3n) is 4.12. The number of hydrogen-bond acceptors (Lipinski definition) is 5. The van der Waals surface area contributed by atoms with Gasteiger partial charge in [0.1, 0.15) is 16.9 Å². The van der Waals surface area contributed by atoms with E-state index in [1.54, 1.807) is 19.1 Å². The molecule has 27 heavy (non-hydrogen) atoms. The molecule has 0 spiro atoms. The highest BCUT2D eigenvalue weighted by Crippen LogP contribution is 2.21. The highest BCUT2D eigenvalue weighted by atomic mass is 16.5. The van der Waals surface area contributed by atoms with Crippen molar-refractivity contribution in [1.29, 1.82) is 0 Å². The zero-order valence-electron chi connectivity index (χ0n) is 15.0. The van der Waals surface area contributed by atoms with Crippen LogP contribution < -0.4 is 15.7 Å². The lowest BCUT2D eigenvalue weighted by molar-refractivity contribution is -0.134. The molecule has 0 aliphatic carbocycles. The Labute approximate surface area is 155 Å². The third kappa shape index (κ3) is 4.23. The van der Waals surface area contributed by atoms with E-state index in [1.165, 1.54) is 12.1 Å². The average Bonchev–Trinajstić information content (AvgIpc) is 2.67. The fourth-order valence-corrected chi connectivity index (χ4v) is 2.62. The molecule has 1 amide bonds. The number of carbonyl (C=O) groups is 2. The summed E-state index contributed by atoms with van der Waals surface area (Å²) in [7, 11) is 0. The van der Waals surface area contributed by atoms with Crippen LogP contribution in [-0.4, -0.2) is 11.9 Å². The van der Waals surface area contributed by atoms with Gasteiger partial charge in [-0.2, -0.15) is 0 Å². The number of ether oxygens (including phenoxy) is 1. The Hall–Kier alpha value is -3.41. The molecule has 2 aromatic carbocycles. The molecule has 0 fully saturated rings. The first-order valence-electron chi connectivity index (χ1n) is 8.62. The summed E-state index contributed by atoms with van der Waals surface area (Å²) in [6.45, 7) is 3.52. The summed E-state index contributed by atoms with van der Waals surface area (Å²) >= 11 is 0. The predicted octanol–water partition coefficient (Wildman–Crippen LogP) is 3.60. The topological polar surface area (TPSA) is 85.6 Å². The molecule has 1 unspecified atom stereocenters. The molecule has 0 bridgehead atoms. The molecular formula is C21H19NO5. The van der Waals surface area contributed by atoms with E-state index in [4.69, 9.17) is 9.15 Å². The molecule has 6 nitrogen and oxygen atoms in total. The molecule has 1 atom stereocenters. The SMILES string of the molecule is CCC(=O)Oc1ccc2cc(C(=O)NC(C)c3ccccc3)c(=O)oc2c1. The van der Waals surface area contributed by atoms with Crippen LogP contribution in [0.2, 0.25) is 0 Å². The van der Waals surface area contributed by atoms with Crippen LogP contribution in [-0.2, 0) is 4.79 Å². The van der Waals surface area contributed by atoms with Gasteiger partial charge < -0.3 is 14.5 Å². The normalized spacial score (nSPS) is 11.8. The van der Waals surface area contributed by atoms with Crippen LogP contribution in [0.15, 0.2) is 63.8 Å². The van der Waals surface area contributed by atoms with Crippen molar-refractivity contribution >= 4 is 22.8 Å². The maximum absolute atomic E-state index is 12.5. The number of benzene rings is 2. The minimum absolute atomic E-state index is 0.0800. The van der Waals surface area contributed by atoms with Crippen molar-refractivity contribution in [1.82, 2.24) is 5.32 Å². The van der Waals surface area contributed by atoms with Crippen molar-refractivity contribution in [3.63, 3.8) is 0 Å². The van der Waals surface area contributed by atoms with Gasteiger partial charge in [-0.3, -0.25) is 9.59 Å². The van der Waals surface area contributed by atoms with Gasteiger partial charge in [-0.1, -0.05) is 37.3 Å². The molecule has 0 radical (unpaired) electrons. The molecule has 0 saturated heterocycles. The molecule has 138 valence electrons. The monoisotopic (exact) mass is 365 g/mol. The van der Waals surface area contributed by atoms with Crippen molar-refractivity contribution in [2.75, 3.05) is 0 Å². The van der Waals surface area contributed by atoms with Crippen molar-refractivity contribution in [3.05, 3.63) is 76.1 Å². The highest BCUT2D eigenvalue weighted by Gasteiger charge is 2.17. The van der Waals surface area contributed by atoms with Crippen LogP contribution >= 0.6 is 0 Å². The van der Waals surface area contributed by atoms with E-state index >= 15 is 0 Å². The minimum Gasteiger partial charge on any atom is -0.426 e.